The van der Waals surface area contributed by atoms with Gasteiger partial charge < -0.3 is 9.84 Å². The zero-order valence-electron chi connectivity index (χ0n) is 12.4. The molecule has 0 radical (unpaired) electrons. The molecule has 110 valence electrons. The molecule has 0 aromatic carbocycles. The number of ether oxygens (including phenoxy) is 1. The highest BCUT2D eigenvalue weighted by Gasteiger charge is 2.46. The third-order valence-corrected chi connectivity index (χ3v) is 3.63. The van der Waals surface area contributed by atoms with E-state index in [1.807, 2.05) is 12.2 Å². The van der Waals surface area contributed by atoms with Gasteiger partial charge in [-0.2, -0.15) is 0 Å². The van der Waals surface area contributed by atoms with Crippen LogP contribution in [0.4, 0.5) is 4.79 Å². The van der Waals surface area contributed by atoms with Gasteiger partial charge in [0.2, 0.25) is 0 Å². The number of rotatable bonds is 1. The second-order valence-electron chi connectivity index (χ2n) is 6.50. The first-order valence-electron chi connectivity index (χ1n) is 6.79. The number of carbonyl (C=O) groups is 2. The third kappa shape index (κ3) is 2.44. The third-order valence-electron chi connectivity index (χ3n) is 3.63. The number of hydrogen-bond acceptors (Lipinski definition) is 3. The SMILES string of the molecule is CC(C)(C)OC(=O)N1CCC2=C1C(C)(C(=O)O)CC=C2. The van der Waals surface area contributed by atoms with E-state index in [2.05, 4.69) is 0 Å². The maximum Gasteiger partial charge on any atom is 0.414 e. The van der Waals surface area contributed by atoms with Gasteiger partial charge >= 0.3 is 12.1 Å². The summed E-state index contributed by atoms with van der Waals surface area (Å²) in [5.74, 6) is -0.912. The Kier molecular flexibility index (Phi) is 3.40. The van der Waals surface area contributed by atoms with Crippen molar-refractivity contribution in [3.63, 3.8) is 0 Å². The van der Waals surface area contributed by atoms with E-state index in [1.165, 1.54) is 4.90 Å². The van der Waals surface area contributed by atoms with E-state index in [0.29, 0.717) is 25.1 Å². The maximum atomic E-state index is 12.3. The van der Waals surface area contributed by atoms with Crippen LogP contribution in [0.2, 0.25) is 0 Å². The van der Waals surface area contributed by atoms with Gasteiger partial charge in [0.1, 0.15) is 11.0 Å². The van der Waals surface area contributed by atoms with E-state index in [4.69, 9.17) is 4.74 Å². The van der Waals surface area contributed by atoms with Crippen molar-refractivity contribution in [3.05, 3.63) is 23.4 Å². The average molecular weight is 279 g/mol. The molecule has 1 amide bonds. The Hall–Kier alpha value is -1.78. The fourth-order valence-corrected chi connectivity index (χ4v) is 2.67. The number of nitrogens with zero attached hydrogens (tertiary/aromatic N) is 1. The molecule has 0 aromatic heterocycles. The van der Waals surface area contributed by atoms with E-state index in [1.54, 1.807) is 27.7 Å². The summed E-state index contributed by atoms with van der Waals surface area (Å²) in [5, 5.41) is 9.53. The van der Waals surface area contributed by atoms with Gasteiger partial charge in [0, 0.05) is 12.2 Å². The minimum Gasteiger partial charge on any atom is -0.481 e. The largest absolute Gasteiger partial charge is 0.481 e. The number of carboxylic acids is 1. The molecule has 0 aromatic rings. The normalized spacial score (nSPS) is 25.7. The van der Waals surface area contributed by atoms with Crippen LogP contribution >= 0.6 is 0 Å². The molecule has 0 fully saturated rings. The molecule has 2 aliphatic rings. The molecule has 1 atom stereocenters. The molecular formula is C15H21NO4. The van der Waals surface area contributed by atoms with Gasteiger partial charge in [-0.25, -0.2) is 4.79 Å². The fraction of sp³-hybridized carbons (Fsp3) is 0.600. The van der Waals surface area contributed by atoms with Crippen LogP contribution in [0.3, 0.4) is 0 Å². The van der Waals surface area contributed by atoms with Crippen molar-refractivity contribution in [3.8, 4) is 0 Å². The molecule has 0 saturated heterocycles. The molecule has 20 heavy (non-hydrogen) atoms. The zero-order chi connectivity index (χ0) is 15.1. The lowest BCUT2D eigenvalue weighted by Crippen LogP contribution is -2.42. The van der Waals surface area contributed by atoms with Crippen LogP contribution in [-0.2, 0) is 9.53 Å². The van der Waals surface area contributed by atoms with Crippen molar-refractivity contribution >= 4 is 12.1 Å². The van der Waals surface area contributed by atoms with Crippen LogP contribution in [0, 0.1) is 5.41 Å². The lowest BCUT2D eigenvalue weighted by molar-refractivity contribution is -0.146. The number of hydrogen-bond donors (Lipinski definition) is 1. The van der Waals surface area contributed by atoms with Crippen molar-refractivity contribution in [1.29, 1.82) is 0 Å². The highest BCUT2D eigenvalue weighted by Crippen LogP contribution is 2.44. The number of aliphatic carboxylic acids is 1. The molecule has 5 heteroatoms. The van der Waals surface area contributed by atoms with E-state index in [-0.39, 0.29) is 0 Å². The first kappa shape index (κ1) is 14.6. The predicted octanol–water partition coefficient (Wildman–Crippen LogP) is 2.93. The first-order chi connectivity index (χ1) is 9.15. The van der Waals surface area contributed by atoms with Crippen LogP contribution in [0.1, 0.15) is 40.5 Å². The summed E-state index contributed by atoms with van der Waals surface area (Å²) in [6.07, 6.45) is 4.38. The van der Waals surface area contributed by atoms with Crippen LogP contribution in [0.25, 0.3) is 0 Å². The first-order valence-corrected chi connectivity index (χ1v) is 6.79. The van der Waals surface area contributed by atoms with Crippen molar-refractivity contribution in [2.24, 2.45) is 5.41 Å². The summed E-state index contributed by atoms with van der Waals surface area (Å²) in [4.78, 5) is 25.4. The molecule has 0 saturated carbocycles. The van der Waals surface area contributed by atoms with Crippen LogP contribution in [-0.4, -0.2) is 34.2 Å². The molecule has 5 nitrogen and oxygen atoms in total. The Bertz CT molecular complexity index is 512. The Morgan fingerprint density at radius 3 is 2.60 bits per heavy atom. The van der Waals surface area contributed by atoms with Crippen molar-refractivity contribution in [1.82, 2.24) is 4.90 Å². The lowest BCUT2D eigenvalue weighted by atomic mass is 9.78. The fourth-order valence-electron chi connectivity index (χ4n) is 2.67. The summed E-state index contributed by atoms with van der Waals surface area (Å²) in [6.45, 7) is 7.54. The van der Waals surface area contributed by atoms with E-state index in [0.717, 1.165) is 5.57 Å². The number of allylic oxidation sites excluding steroid dienone is 2. The van der Waals surface area contributed by atoms with Gasteiger partial charge in [-0.05, 0) is 46.1 Å². The monoisotopic (exact) mass is 279 g/mol. The van der Waals surface area contributed by atoms with E-state index in [9.17, 15) is 14.7 Å². The van der Waals surface area contributed by atoms with Gasteiger partial charge in [0.15, 0.2) is 0 Å². The number of carboxylic acid groups (broad SMARTS) is 1. The van der Waals surface area contributed by atoms with Crippen LogP contribution in [0.5, 0.6) is 0 Å². The van der Waals surface area contributed by atoms with Crippen molar-refractivity contribution < 1.29 is 19.4 Å². The van der Waals surface area contributed by atoms with Crippen LogP contribution in [0.15, 0.2) is 23.4 Å². The minimum atomic E-state index is -1.06. The summed E-state index contributed by atoms with van der Waals surface area (Å²) in [5.41, 5.74) is -0.143. The van der Waals surface area contributed by atoms with Crippen molar-refractivity contribution in [2.45, 2.75) is 46.1 Å². The molecule has 0 spiro atoms. The van der Waals surface area contributed by atoms with E-state index >= 15 is 0 Å². The highest BCUT2D eigenvalue weighted by molar-refractivity contribution is 5.83. The molecule has 1 aliphatic carbocycles. The zero-order valence-corrected chi connectivity index (χ0v) is 12.4. The molecule has 2 rings (SSSR count). The predicted molar refractivity (Wildman–Crippen MR) is 74.1 cm³/mol. The standard InChI is InChI=1S/C15H21NO4/c1-14(2,3)20-13(19)16-9-7-10-6-5-8-15(4,11(10)16)12(17)18/h5-6H,7-9H2,1-4H3,(H,17,18). The molecule has 1 heterocycles. The Balaban J connectivity index is 2.34. The Morgan fingerprint density at radius 1 is 1.40 bits per heavy atom. The topological polar surface area (TPSA) is 66.8 Å². The molecule has 0 bridgehead atoms. The lowest BCUT2D eigenvalue weighted by Gasteiger charge is -2.35. The smallest absolute Gasteiger partial charge is 0.414 e. The molecular weight excluding hydrogens is 258 g/mol. The molecule has 1 N–H and O–H groups in total. The Morgan fingerprint density at radius 2 is 2.05 bits per heavy atom. The van der Waals surface area contributed by atoms with Gasteiger partial charge in [0.25, 0.3) is 0 Å². The second kappa shape index (κ2) is 4.65. The Labute approximate surface area is 118 Å². The van der Waals surface area contributed by atoms with Gasteiger partial charge in [-0.1, -0.05) is 12.2 Å². The second-order valence-corrected chi connectivity index (χ2v) is 6.50. The quantitative estimate of drug-likeness (QED) is 0.801. The van der Waals surface area contributed by atoms with Gasteiger partial charge in [-0.3, -0.25) is 9.69 Å². The summed E-state index contributed by atoms with van der Waals surface area (Å²) in [6, 6.07) is 0. The number of amides is 1. The van der Waals surface area contributed by atoms with Gasteiger partial charge in [-0.15, -0.1) is 0 Å². The summed E-state index contributed by atoms with van der Waals surface area (Å²) >= 11 is 0. The summed E-state index contributed by atoms with van der Waals surface area (Å²) in [7, 11) is 0. The average Bonchev–Trinajstić information content (AvgIpc) is 2.72. The number of carbonyl (C=O) groups excluding carboxylic acids is 1. The molecule has 1 aliphatic heterocycles. The minimum absolute atomic E-state index is 0.389. The van der Waals surface area contributed by atoms with Crippen molar-refractivity contribution in [2.75, 3.05) is 6.54 Å². The van der Waals surface area contributed by atoms with Gasteiger partial charge in [0.05, 0.1) is 0 Å². The maximum absolute atomic E-state index is 12.3. The van der Waals surface area contributed by atoms with Crippen LogP contribution < -0.4 is 0 Å². The highest BCUT2D eigenvalue weighted by atomic mass is 16.6. The summed E-state index contributed by atoms with van der Waals surface area (Å²) < 4.78 is 5.38. The van der Waals surface area contributed by atoms with E-state index < -0.39 is 23.1 Å². The molecule has 1 unspecified atom stereocenters.